The van der Waals surface area contributed by atoms with Gasteiger partial charge in [-0.1, -0.05) is 20.8 Å². The van der Waals surface area contributed by atoms with Crippen LogP contribution in [-0.4, -0.2) is 55.0 Å². The minimum Gasteiger partial charge on any atom is -0.340 e. The molecule has 0 saturated carbocycles. The second kappa shape index (κ2) is 5.83. The van der Waals surface area contributed by atoms with Gasteiger partial charge in [-0.3, -0.25) is 4.79 Å². The lowest BCUT2D eigenvalue weighted by molar-refractivity contribution is -0.133. The third-order valence-electron chi connectivity index (χ3n) is 3.17. The Morgan fingerprint density at radius 3 is 2.24 bits per heavy atom. The van der Waals surface area contributed by atoms with Crippen LogP contribution >= 0.6 is 0 Å². The van der Waals surface area contributed by atoms with E-state index in [0.29, 0.717) is 6.42 Å². The molecular weight excluding hydrogens is 214 g/mol. The predicted molar refractivity (Wildman–Crippen MR) is 70.7 cm³/mol. The molecule has 0 radical (unpaired) electrons. The Kier molecular flexibility index (Phi) is 4.95. The number of hydrogen-bond donors (Lipinski definition) is 1. The molecule has 1 amide bonds. The Morgan fingerprint density at radius 2 is 1.76 bits per heavy atom. The summed E-state index contributed by atoms with van der Waals surface area (Å²) >= 11 is 0. The van der Waals surface area contributed by atoms with Crippen LogP contribution < -0.4 is 5.73 Å². The van der Waals surface area contributed by atoms with E-state index in [9.17, 15) is 4.79 Å². The lowest BCUT2D eigenvalue weighted by Gasteiger charge is -2.33. The highest BCUT2D eigenvalue weighted by Gasteiger charge is 2.23. The highest BCUT2D eigenvalue weighted by atomic mass is 16.2. The normalized spacial score (nSPS) is 20.4. The van der Waals surface area contributed by atoms with E-state index < -0.39 is 0 Å². The molecule has 0 spiro atoms. The summed E-state index contributed by atoms with van der Waals surface area (Å²) in [5.41, 5.74) is 6.23. The fourth-order valence-corrected chi connectivity index (χ4v) is 2.27. The van der Waals surface area contributed by atoms with Crippen molar-refractivity contribution < 1.29 is 4.79 Å². The number of carbonyl (C=O) groups excluding carboxylic acids is 1. The van der Waals surface area contributed by atoms with Crippen molar-refractivity contribution in [3.8, 4) is 0 Å². The Bertz CT molecular complexity index is 252. The number of nitrogens with two attached hydrogens (primary N) is 1. The molecule has 17 heavy (non-hydrogen) atoms. The Morgan fingerprint density at radius 1 is 1.24 bits per heavy atom. The molecule has 2 N–H and O–H groups in total. The maximum absolute atomic E-state index is 12.0. The number of hydrogen-bond acceptors (Lipinski definition) is 3. The first-order valence-corrected chi connectivity index (χ1v) is 6.50. The van der Waals surface area contributed by atoms with Crippen LogP contribution in [0.15, 0.2) is 0 Å². The van der Waals surface area contributed by atoms with Crippen molar-refractivity contribution in [3.63, 3.8) is 0 Å². The van der Waals surface area contributed by atoms with Crippen molar-refractivity contribution in [1.29, 1.82) is 0 Å². The number of amides is 1. The molecule has 0 bridgehead atoms. The quantitative estimate of drug-likeness (QED) is 0.799. The molecular formula is C13H27N3O. The monoisotopic (exact) mass is 241 g/mol. The molecule has 0 aromatic heterocycles. The summed E-state index contributed by atoms with van der Waals surface area (Å²) in [5, 5.41) is 0. The fraction of sp³-hybridized carbons (Fsp3) is 0.923. The SMILES string of the molecule is CN1CCN(C(=O)CC(N)CC(C)(C)C)CC1. The maximum Gasteiger partial charge on any atom is 0.224 e. The van der Waals surface area contributed by atoms with Gasteiger partial charge < -0.3 is 15.5 Å². The average Bonchev–Trinajstić information content (AvgIpc) is 2.15. The van der Waals surface area contributed by atoms with Crippen LogP contribution in [-0.2, 0) is 4.79 Å². The van der Waals surface area contributed by atoms with Gasteiger partial charge in [-0.15, -0.1) is 0 Å². The summed E-state index contributed by atoms with van der Waals surface area (Å²) < 4.78 is 0. The molecule has 1 heterocycles. The molecule has 4 heteroatoms. The fourth-order valence-electron chi connectivity index (χ4n) is 2.27. The first-order valence-electron chi connectivity index (χ1n) is 6.50. The summed E-state index contributed by atoms with van der Waals surface area (Å²) in [4.78, 5) is 16.2. The van der Waals surface area contributed by atoms with Crippen molar-refractivity contribution in [3.05, 3.63) is 0 Å². The molecule has 1 atom stereocenters. The molecule has 4 nitrogen and oxygen atoms in total. The predicted octanol–water partition coefficient (Wildman–Crippen LogP) is 0.914. The van der Waals surface area contributed by atoms with Crippen LogP contribution in [0.25, 0.3) is 0 Å². The molecule has 1 aliphatic heterocycles. The average molecular weight is 241 g/mol. The molecule has 0 aromatic carbocycles. The van der Waals surface area contributed by atoms with E-state index in [-0.39, 0.29) is 17.4 Å². The molecule has 0 aliphatic carbocycles. The lowest BCUT2D eigenvalue weighted by Crippen LogP contribution is -2.48. The van der Waals surface area contributed by atoms with E-state index in [1.165, 1.54) is 0 Å². The van der Waals surface area contributed by atoms with Gasteiger partial charge in [-0.25, -0.2) is 0 Å². The number of nitrogens with zero attached hydrogens (tertiary/aromatic N) is 2. The van der Waals surface area contributed by atoms with E-state index >= 15 is 0 Å². The first-order chi connectivity index (χ1) is 7.78. The van der Waals surface area contributed by atoms with Gasteiger partial charge in [0.05, 0.1) is 0 Å². The summed E-state index contributed by atoms with van der Waals surface area (Å²) in [7, 11) is 2.09. The van der Waals surface area contributed by atoms with Gasteiger partial charge in [0.15, 0.2) is 0 Å². The second-order valence-corrected chi connectivity index (χ2v) is 6.41. The van der Waals surface area contributed by atoms with Gasteiger partial charge in [0.25, 0.3) is 0 Å². The van der Waals surface area contributed by atoms with Crippen LogP contribution in [0.3, 0.4) is 0 Å². The zero-order valence-corrected chi connectivity index (χ0v) is 11.7. The minimum atomic E-state index is -0.0119. The Labute approximate surface area is 105 Å². The number of likely N-dealkylation sites (N-methyl/N-ethyl adjacent to an activating group) is 1. The largest absolute Gasteiger partial charge is 0.340 e. The van der Waals surface area contributed by atoms with Crippen molar-refractivity contribution in [1.82, 2.24) is 9.80 Å². The number of rotatable bonds is 3. The molecule has 100 valence electrons. The van der Waals surface area contributed by atoms with Crippen molar-refractivity contribution in [2.75, 3.05) is 33.2 Å². The van der Waals surface area contributed by atoms with Crippen LogP contribution in [0.1, 0.15) is 33.6 Å². The van der Waals surface area contributed by atoms with Gasteiger partial charge in [0.1, 0.15) is 0 Å². The summed E-state index contributed by atoms with van der Waals surface area (Å²) in [6, 6.07) is -0.0119. The van der Waals surface area contributed by atoms with Crippen LogP contribution in [0.4, 0.5) is 0 Å². The second-order valence-electron chi connectivity index (χ2n) is 6.41. The van der Waals surface area contributed by atoms with E-state index in [0.717, 1.165) is 32.6 Å². The van der Waals surface area contributed by atoms with Crippen LogP contribution in [0.2, 0.25) is 0 Å². The van der Waals surface area contributed by atoms with Gasteiger partial charge in [-0.05, 0) is 18.9 Å². The highest BCUT2D eigenvalue weighted by Crippen LogP contribution is 2.21. The summed E-state index contributed by atoms with van der Waals surface area (Å²) in [6.07, 6.45) is 1.38. The third-order valence-corrected chi connectivity index (χ3v) is 3.17. The van der Waals surface area contributed by atoms with E-state index in [4.69, 9.17) is 5.73 Å². The highest BCUT2D eigenvalue weighted by molar-refractivity contribution is 5.76. The third kappa shape index (κ3) is 5.50. The Balaban J connectivity index is 2.33. The maximum atomic E-state index is 12.0. The van der Waals surface area contributed by atoms with Crippen LogP contribution in [0.5, 0.6) is 0 Å². The van der Waals surface area contributed by atoms with Gasteiger partial charge >= 0.3 is 0 Å². The zero-order valence-electron chi connectivity index (χ0n) is 11.7. The molecule has 0 aromatic rings. The number of carbonyl (C=O) groups is 1. The van der Waals surface area contributed by atoms with E-state index in [1.54, 1.807) is 0 Å². The van der Waals surface area contributed by atoms with E-state index in [1.807, 2.05) is 4.90 Å². The first kappa shape index (κ1) is 14.5. The molecule has 1 fully saturated rings. The van der Waals surface area contributed by atoms with Crippen molar-refractivity contribution >= 4 is 5.91 Å². The lowest BCUT2D eigenvalue weighted by atomic mass is 9.87. The summed E-state index contributed by atoms with van der Waals surface area (Å²) in [5.74, 6) is 0.217. The van der Waals surface area contributed by atoms with E-state index in [2.05, 4.69) is 32.7 Å². The van der Waals surface area contributed by atoms with Crippen molar-refractivity contribution in [2.45, 2.75) is 39.7 Å². The number of piperazine rings is 1. The van der Waals surface area contributed by atoms with Gasteiger partial charge in [0.2, 0.25) is 5.91 Å². The minimum absolute atomic E-state index is 0.0119. The molecule has 1 aliphatic rings. The topological polar surface area (TPSA) is 49.6 Å². The van der Waals surface area contributed by atoms with Gasteiger partial charge in [-0.2, -0.15) is 0 Å². The zero-order chi connectivity index (χ0) is 13.1. The summed E-state index contributed by atoms with van der Waals surface area (Å²) in [6.45, 7) is 10.1. The standard InChI is InChI=1S/C13H27N3O/c1-13(2,3)10-11(14)9-12(17)16-7-5-15(4)6-8-16/h11H,5-10,14H2,1-4H3. The molecule has 1 unspecified atom stereocenters. The van der Waals surface area contributed by atoms with Crippen LogP contribution in [0, 0.1) is 5.41 Å². The van der Waals surface area contributed by atoms with Crippen molar-refractivity contribution in [2.24, 2.45) is 11.1 Å². The smallest absolute Gasteiger partial charge is 0.224 e. The Hall–Kier alpha value is -0.610. The molecule has 1 saturated heterocycles. The molecule has 1 rings (SSSR count). The van der Waals surface area contributed by atoms with Gasteiger partial charge in [0, 0.05) is 38.6 Å².